The first-order valence-corrected chi connectivity index (χ1v) is 11.0. The number of hydrogen-bond donors (Lipinski definition) is 2. The molecule has 2 amide bonds. The molecule has 0 saturated carbocycles. The summed E-state index contributed by atoms with van der Waals surface area (Å²) >= 11 is 0. The smallest absolute Gasteiger partial charge is 0.256 e. The first kappa shape index (κ1) is 22.8. The number of piperazine rings is 1. The number of nitrogens with one attached hydrogen (secondary N) is 2. The Morgan fingerprint density at radius 1 is 1.00 bits per heavy atom. The molecule has 2 aromatic carbocycles. The Bertz CT molecular complexity index is 1070. The molecule has 166 valence electrons. The third kappa shape index (κ3) is 5.63. The van der Waals surface area contributed by atoms with Gasteiger partial charge in [-0.2, -0.15) is 0 Å². The molecule has 8 nitrogen and oxygen atoms in total. The van der Waals surface area contributed by atoms with Crippen LogP contribution in [0.25, 0.3) is 0 Å². The molecule has 0 unspecified atom stereocenters. The van der Waals surface area contributed by atoms with Gasteiger partial charge in [-0.25, -0.2) is 21.9 Å². The molecule has 1 aliphatic rings. The minimum atomic E-state index is -3.81. The van der Waals surface area contributed by atoms with Gasteiger partial charge in [-0.1, -0.05) is 0 Å². The van der Waals surface area contributed by atoms with Crippen LogP contribution in [-0.2, 0) is 14.8 Å². The molecule has 1 aliphatic heterocycles. The molecule has 0 spiro atoms. The Hall–Kier alpha value is -2.89. The largest absolute Gasteiger partial charge is 0.336 e. The minimum absolute atomic E-state index is 0.0870. The van der Waals surface area contributed by atoms with Gasteiger partial charge in [-0.05, 0) is 49.5 Å². The third-order valence-corrected chi connectivity index (χ3v) is 6.31. The first-order chi connectivity index (χ1) is 14.7. The van der Waals surface area contributed by atoms with Gasteiger partial charge in [0.05, 0.1) is 17.0 Å². The van der Waals surface area contributed by atoms with Crippen LogP contribution in [0.1, 0.15) is 10.4 Å². The van der Waals surface area contributed by atoms with Gasteiger partial charge in [0.1, 0.15) is 11.6 Å². The van der Waals surface area contributed by atoms with Crippen molar-refractivity contribution in [3.8, 4) is 0 Å². The number of rotatable bonds is 6. The van der Waals surface area contributed by atoms with Crippen LogP contribution in [0.3, 0.4) is 0 Å². The standard InChI is InChI=1S/C20H22F2N4O4S/c1-23-31(29,30)16-6-7-18(22)17(12-16)20(28)26-10-8-25(9-11-26)13-19(27)24-15-4-2-14(21)3-5-15/h2-7,12,23H,8-11,13H2,1H3,(H,24,27). The van der Waals surface area contributed by atoms with Crippen molar-refractivity contribution in [2.24, 2.45) is 0 Å². The molecule has 0 aliphatic carbocycles. The van der Waals surface area contributed by atoms with Gasteiger partial charge >= 0.3 is 0 Å². The van der Waals surface area contributed by atoms with Crippen molar-refractivity contribution in [2.75, 3.05) is 45.1 Å². The van der Waals surface area contributed by atoms with Crippen LogP contribution in [-0.4, -0.2) is 69.8 Å². The maximum atomic E-state index is 14.2. The highest BCUT2D eigenvalue weighted by Crippen LogP contribution is 2.18. The molecule has 2 N–H and O–H groups in total. The molecule has 1 saturated heterocycles. The molecule has 1 heterocycles. The fraction of sp³-hybridized carbons (Fsp3) is 0.300. The fourth-order valence-electron chi connectivity index (χ4n) is 3.17. The normalized spacial score (nSPS) is 15.0. The highest BCUT2D eigenvalue weighted by atomic mass is 32.2. The maximum Gasteiger partial charge on any atom is 0.256 e. The van der Waals surface area contributed by atoms with Crippen molar-refractivity contribution in [3.63, 3.8) is 0 Å². The van der Waals surface area contributed by atoms with E-state index in [0.717, 1.165) is 18.2 Å². The average molecular weight is 452 g/mol. The van der Waals surface area contributed by atoms with Crippen LogP contribution >= 0.6 is 0 Å². The summed E-state index contributed by atoms with van der Waals surface area (Å²) in [5.41, 5.74) is 0.158. The molecule has 3 rings (SSSR count). The van der Waals surface area contributed by atoms with Gasteiger partial charge in [0.2, 0.25) is 15.9 Å². The van der Waals surface area contributed by atoms with E-state index in [2.05, 4.69) is 10.0 Å². The Morgan fingerprint density at radius 3 is 2.26 bits per heavy atom. The van der Waals surface area contributed by atoms with Gasteiger partial charge in [-0.3, -0.25) is 14.5 Å². The van der Waals surface area contributed by atoms with Crippen molar-refractivity contribution < 1.29 is 26.8 Å². The average Bonchev–Trinajstić information content (AvgIpc) is 2.75. The van der Waals surface area contributed by atoms with E-state index in [4.69, 9.17) is 0 Å². The van der Waals surface area contributed by atoms with Crippen LogP contribution in [0, 0.1) is 11.6 Å². The topological polar surface area (TPSA) is 98.8 Å². The second-order valence-corrected chi connectivity index (χ2v) is 8.86. The molecule has 2 aromatic rings. The quantitative estimate of drug-likeness (QED) is 0.688. The molecular formula is C20H22F2N4O4S. The molecule has 0 atom stereocenters. The fourth-order valence-corrected chi connectivity index (χ4v) is 3.93. The summed E-state index contributed by atoms with van der Waals surface area (Å²) in [6, 6.07) is 8.47. The van der Waals surface area contributed by atoms with Crippen LogP contribution in [0.2, 0.25) is 0 Å². The van der Waals surface area contributed by atoms with Gasteiger partial charge in [0, 0.05) is 31.9 Å². The van der Waals surface area contributed by atoms with E-state index in [1.807, 2.05) is 4.90 Å². The Morgan fingerprint density at radius 2 is 1.65 bits per heavy atom. The highest BCUT2D eigenvalue weighted by molar-refractivity contribution is 7.89. The third-order valence-electron chi connectivity index (χ3n) is 4.90. The number of benzene rings is 2. The monoisotopic (exact) mass is 452 g/mol. The summed E-state index contributed by atoms with van der Waals surface area (Å²) in [4.78, 5) is 28.0. The van der Waals surface area contributed by atoms with Gasteiger partial charge in [-0.15, -0.1) is 0 Å². The Labute approximate surface area is 178 Å². The zero-order valence-electron chi connectivity index (χ0n) is 16.8. The minimum Gasteiger partial charge on any atom is -0.336 e. The molecule has 0 radical (unpaired) electrons. The molecular weight excluding hydrogens is 430 g/mol. The molecule has 31 heavy (non-hydrogen) atoms. The lowest BCUT2D eigenvalue weighted by atomic mass is 10.1. The van der Waals surface area contributed by atoms with E-state index in [9.17, 15) is 26.8 Å². The van der Waals surface area contributed by atoms with Crippen molar-refractivity contribution in [3.05, 3.63) is 59.7 Å². The summed E-state index contributed by atoms with van der Waals surface area (Å²) in [5, 5.41) is 2.67. The number of amides is 2. The highest BCUT2D eigenvalue weighted by Gasteiger charge is 2.26. The van der Waals surface area contributed by atoms with Crippen molar-refractivity contribution in [1.29, 1.82) is 0 Å². The number of sulfonamides is 1. The second-order valence-electron chi connectivity index (χ2n) is 6.97. The number of nitrogens with zero attached hydrogens (tertiary/aromatic N) is 2. The zero-order chi connectivity index (χ0) is 22.6. The van der Waals surface area contributed by atoms with Crippen LogP contribution in [0.5, 0.6) is 0 Å². The number of hydrogen-bond acceptors (Lipinski definition) is 5. The van der Waals surface area contributed by atoms with Crippen molar-refractivity contribution in [1.82, 2.24) is 14.5 Å². The Balaban J connectivity index is 1.58. The lowest BCUT2D eigenvalue weighted by molar-refractivity contribution is -0.117. The molecule has 1 fully saturated rings. The second kappa shape index (κ2) is 9.50. The van der Waals surface area contributed by atoms with E-state index < -0.39 is 27.6 Å². The summed E-state index contributed by atoms with van der Waals surface area (Å²) < 4.78 is 53.1. The predicted molar refractivity (Wildman–Crippen MR) is 110 cm³/mol. The van der Waals surface area contributed by atoms with Crippen LogP contribution in [0.15, 0.2) is 47.4 Å². The zero-order valence-corrected chi connectivity index (χ0v) is 17.6. The maximum absolute atomic E-state index is 14.2. The number of anilines is 1. The number of carbonyl (C=O) groups excluding carboxylic acids is 2. The summed E-state index contributed by atoms with van der Waals surface area (Å²) in [5.74, 6) is -2.09. The lowest BCUT2D eigenvalue weighted by Crippen LogP contribution is -2.50. The molecule has 11 heteroatoms. The predicted octanol–water partition coefficient (Wildman–Crippen LogP) is 1.27. The van der Waals surface area contributed by atoms with E-state index >= 15 is 0 Å². The lowest BCUT2D eigenvalue weighted by Gasteiger charge is -2.34. The van der Waals surface area contributed by atoms with Gasteiger partial charge in [0.15, 0.2) is 0 Å². The first-order valence-electron chi connectivity index (χ1n) is 9.50. The van der Waals surface area contributed by atoms with Gasteiger partial charge < -0.3 is 10.2 Å². The Kier molecular flexibility index (Phi) is 6.98. The molecule has 0 bridgehead atoms. The SMILES string of the molecule is CNS(=O)(=O)c1ccc(F)c(C(=O)N2CCN(CC(=O)Nc3ccc(F)cc3)CC2)c1. The number of halogens is 2. The van der Waals surface area contributed by atoms with E-state index in [1.165, 1.54) is 36.2 Å². The van der Waals surface area contributed by atoms with Crippen LogP contribution in [0.4, 0.5) is 14.5 Å². The van der Waals surface area contributed by atoms with Crippen molar-refractivity contribution in [2.45, 2.75) is 4.90 Å². The summed E-state index contributed by atoms with van der Waals surface area (Å²) in [6.45, 7) is 1.37. The van der Waals surface area contributed by atoms with Crippen LogP contribution < -0.4 is 10.0 Å². The van der Waals surface area contributed by atoms with E-state index in [0.29, 0.717) is 18.8 Å². The summed E-state index contributed by atoms with van der Waals surface area (Å²) in [7, 11) is -2.59. The number of carbonyl (C=O) groups is 2. The van der Waals surface area contributed by atoms with Crippen molar-refractivity contribution >= 4 is 27.5 Å². The van der Waals surface area contributed by atoms with E-state index in [-0.39, 0.29) is 36.0 Å². The molecule has 0 aromatic heterocycles. The van der Waals surface area contributed by atoms with E-state index in [1.54, 1.807) is 0 Å². The summed E-state index contributed by atoms with van der Waals surface area (Å²) in [6.07, 6.45) is 0. The van der Waals surface area contributed by atoms with Gasteiger partial charge in [0.25, 0.3) is 5.91 Å².